The van der Waals surface area contributed by atoms with E-state index < -0.39 is 0 Å². The number of anilines is 2. The summed E-state index contributed by atoms with van der Waals surface area (Å²) in [7, 11) is 0. The van der Waals surface area contributed by atoms with Gasteiger partial charge in [0.25, 0.3) is 0 Å². The van der Waals surface area contributed by atoms with Gasteiger partial charge in [-0.1, -0.05) is 92.7 Å². The summed E-state index contributed by atoms with van der Waals surface area (Å²) in [5, 5.41) is 1.06. The van der Waals surface area contributed by atoms with Gasteiger partial charge in [-0.25, -0.2) is 4.98 Å². The number of pyridine rings is 1. The van der Waals surface area contributed by atoms with Gasteiger partial charge in [-0.3, -0.25) is 4.79 Å². The first-order valence-electron chi connectivity index (χ1n) is 11.6. The molecule has 1 aromatic heterocycles. The summed E-state index contributed by atoms with van der Waals surface area (Å²) in [6.45, 7) is 6.49. The van der Waals surface area contributed by atoms with Gasteiger partial charge in [0.15, 0.2) is 0 Å². The Morgan fingerprint density at radius 3 is 2.03 bits per heavy atom. The van der Waals surface area contributed by atoms with Crippen LogP contribution in [0.1, 0.15) is 30.5 Å². The summed E-state index contributed by atoms with van der Waals surface area (Å²) < 4.78 is 0. The highest BCUT2D eigenvalue weighted by molar-refractivity contribution is 6.11. The van der Waals surface area contributed by atoms with E-state index >= 15 is 0 Å². The molecule has 0 fully saturated rings. The first kappa shape index (κ1) is 21.2. The van der Waals surface area contributed by atoms with Gasteiger partial charge in [0.05, 0.1) is 17.6 Å². The summed E-state index contributed by atoms with van der Waals surface area (Å²) in [6, 6.07) is 29.2. The smallest absolute Gasteiger partial charge is 0.231 e. The Labute approximate surface area is 195 Å². The van der Waals surface area contributed by atoms with Gasteiger partial charge in [-0.2, -0.15) is 0 Å². The lowest BCUT2D eigenvalue weighted by atomic mass is 10.1. The van der Waals surface area contributed by atoms with Crippen LogP contribution >= 0.6 is 0 Å². The van der Waals surface area contributed by atoms with E-state index in [0.29, 0.717) is 12.3 Å². The van der Waals surface area contributed by atoms with Crippen molar-refractivity contribution in [3.05, 3.63) is 102 Å². The normalized spacial score (nSPS) is 13.1. The van der Waals surface area contributed by atoms with Crippen molar-refractivity contribution in [2.45, 2.75) is 33.4 Å². The molecule has 0 saturated heterocycles. The lowest BCUT2D eigenvalue weighted by Crippen LogP contribution is -2.30. The minimum Gasteiger partial charge on any atom is -0.348 e. The molecule has 3 aromatic carbocycles. The molecule has 0 unspecified atom stereocenters. The number of rotatable bonds is 7. The number of carbonyl (C=O) groups excluding carboxylic acids is 1. The van der Waals surface area contributed by atoms with E-state index in [4.69, 9.17) is 4.98 Å². The second kappa shape index (κ2) is 9.07. The van der Waals surface area contributed by atoms with Gasteiger partial charge in [0.1, 0.15) is 5.82 Å². The van der Waals surface area contributed by atoms with Crippen LogP contribution in [0.3, 0.4) is 0 Å². The molecule has 5 rings (SSSR count). The van der Waals surface area contributed by atoms with Crippen LogP contribution in [0.4, 0.5) is 11.5 Å². The van der Waals surface area contributed by atoms with Crippen LogP contribution in [-0.4, -0.2) is 17.4 Å². The lowest BCUT2D eigenvalue weighted by molar-refractivity contribution is -0.117. The Morgan fingerprint density at radius 1 is 0.848 bits per heavy atom. The van der Waals surface area contributed by atoms with Crippen molar-refractivity contribution in [2.75, 3.05) is 16.3 Å². The number of benzene rings is 3. The predicted octanol–water partition coefficient (Wildman–Crippen LogP) is 5.99. The summed E-state index contributed by atoms with van der Waals surface area (Å²) >= 11 is 0. The van der Waals surface area contributed by atoms with Crippen molar-refractivity contribution in [3.63, 3.8) is 0 Å². The molecule has 4 nitrogen and oxygen atoms in total. The molecule has 4 heteroatoms. The minimum absolute atomic E-state index is 0.164. The molecule has 0 atom stereocenters. The minimum atomic E-state index is 0.164. The van der Waals surface area contributed by atoms with Crippen LogP contribution < -0.4 is 9.80 Å². The van der Waals surface area contributed by atoms with Gasteiger partial charge < -0.3 is 9.80 Å². The Balaban J connectivity index is 1.67. The van der Waals surface area contributed by atoms with Crippen molar-refractivity contribution in [3.8, 4) is 0 Å². The zero-order valence-electron chi connectivity index (χ0n) is 19.2. The Morgan fingerprint density at radius 2 is 1.42 bits per heavy atom. The van der Waals surface area contributed by atoms with E-state index in [1.807, 2.05) is 29.2 Å². The average Bonchev–Trinajstić information content (AvgIpc) is 3.15. The Bertz CT molecular complexity index is 1230. The van der Waals surface area contributed by atoms with Crippen molar-refractivity contribution < 1.29 is 4.79 Å². The fraction of sp³-hybridized carbons (Fsp3) is 0.241. The summed E-state index contributed by atoms with van der Waals surface area (Å²) in [5.74, 6) is 1.47. The van der Waals surface area contributed by atoms with Crippen molar-refractivity contribution in [1.29, 1.82) is 0 Å². The molecular formula is C29H29N3O. The van der Waals surface area contributed by atoms with Gasteiger partial charge in [-0.15, -0.1) is 0 Å². The predicted molar refractivity (Wildman–Crippen MR) is 135 cm³/mol. The quantitative estimate of drug-likeness (QED) is 0.358. The molecule has 1 amide bonds. The number of aromatic nitrogens is 1. The zero-order valence-corrected chi connectivity index (χ0v) is 19.2. The topological polar surface area (TPSA) is 36.4 Å². The van der Waals surface area contributed by atoms with E-state index in [-0.39, 0.29) is 5.91 Å². The molecule has 0 aliphatic carbocycles. The maximum Gasteiger partial charge on any atom is 0.231 e. The molecule has 4 aromatic rings. The van der Waals surface area contributed by atoms with E-state index in [2.05, 4.69) is 79.4 Å². The lowest BCUT2D eigenvalue weighted by Gasteiger charge is -2.28. The molecule has 0 saturated carbocycles. The summed E-state index contributed by atoms with van der Waals surface area (Å²) in [4.78, 5) is 22.6. The second-order valence-electron chi connectivity index (χ2n) is 9.18. The maximum absolute atomic E-state index is 13.2. The Hall–Kier alpha value is -3.66. The molecule has 1 aliphatic heterocycles. The van der Waals surface area contributed by atoms with E-state index in [0.717, 1.165) is 47.6 Å². The second-order valence-corrected chi connectivity index (χ2v) is 9.18. The highest BCUT2D eigenvalue weighted by Crippen LogP contribution is 2.41. The van der Waals surface area contributed by atoms with E-state index in [1.54, 1.807) is 0 Å². The number of fused-ring (bicyclic) bond motifs is 3. The molecule has 0 N–H and O–H groups in total. The van der Waals surface area contributed by atoms with Crippen LogP contribution in [0, 0.1) is 5.92 Å². The molecule has 1 aliphatic rings. The van der Waals surface area contributed by atoms with Gasteiger partial charge in [0.2, 0.25) is 5.91 Å². The highest BCUT2D eigenvalue weighted by Gasteiger charge is 2.34. The first-order chi connectivity index (χ1) is 16.1. The van der Waals surface area contributed by atoms with Crippen LogP contribution in [0.2, 0.25) is 0 Å². The highest BCUT2D eigenvalue weighted by atomic mass is 16.2. The van der Waals surface area contributed by atoms with Crippen molar-refractivity contribution in [2.24, 2.45) is 5.92 Å². The molecule has 0 radical (unpaired) electrons. The summed E-state index contributed by atoms with van der Waals surface area (Å²) in [6.07, 6.45) is 0.398. The third-order valence-electron chi connectivity index (χ3n) is 6.12. The van der Waals surface area contributed by atoms with E-state index in [9.17, 15) is 4.79 Å². The van der Waals surface area contributed by atoms with E-state index in [1.165, 1.54) is 11.1 Å². The molecule has 2 heterocycles. The monoisotopic (exact) mass is 435 g/mol. The van der Waals surface area contributed by atoms with Gasteiger partial charge in [0, 0.05) is 30.6 Å². The molecule has 33 heavy (non-hydrogen) atoms. The number of amides is 1. The average molecular weight is 436 g/mol. The van der Waals surface area contributed by atoms with Crippen LogP contribution in [-0.2, 0) is 24.3 Å². The van der Waals surface area contributed by atoms with Crippen LogP contribution in [0.5, 0.6) is 0 Å². The third kappa shape index (κ3) is 4.34. The third-order valence-corrected chi connectivity index (χ3v) is 6.12. The maximum atomic E-state index is 13.2. The number of para-hydroxylation sites is 1. The number of nitrogens with zero attached hydrogens (tertiary/aromatic N) is 3. The van der Waals surface area contributed by atoms with Gasteiger partial charge >= 0.3 is 0 Å². The molecule has 0 bridgehead atoms. The molecule has 166 valence electrons. The van der Waals surface area contributed by atoms with Gasteiger partial charge in [-0.05, 0) is 23.1 Å². The number of hydrogen-bond acceptors (Lipinski definition) is 3. The molecule has 0 spiro atoms. The Kier molecular flexibility index (Phi) is 5.82. The summed E-state index contributed by atoms with van der Waals surface area (Å²) in [5.41, 5.74) is 5.47. The number of hydrogen-bond donors (Lipinski definition) is 0. The standard InChI is InChI=1S/C29H29N3O/c1-21(2)18-32-27(33)17-25-28(32)24-15-9-10-16-26(24)30-29(25)31(19-22-11-5-3-6-12-22)20-23-13-7-4-8-14-23/h3-16,21H,17-20H2,1-2H3. The number of carbonyl (C=O) groups is 1. The van der Waals surface area contributed by atoms with Crippen LogP contribution in [0.25, 0.3) is 10.9 Å². The zero-order chi connectivity index (χ0) is 22.8. The first-order valence-corrected chi connectivity index (χ1v) is 11.6. The SMILES string of the molecule is CC(C)CN1C(=O)Cc2c(N(Cc3ccccc3)Cc3ccccc3)nc3ccccc3c21. The molecular weight excluding hydrogens is 406 g/mol. The van der Waals surface area contributed by atoms with Crippen molar-refractivity contribution >= 4 is 28.3 Å². The fourth-order valence-corrected chi connectivity index (χ4v) is 4.70. The fourth-order valence-electron chi connectivity index (χ4n) is 4.70. The van der Waals surface area contributed by atoms with Crippen LogP contribution in [0.15, 0.2) is 84.9 Å². The largest absolute Gasteiger partial charge is 0.348 e. The van der Waals surface area contributed by atoms with Crippen molar-refractivity contribution in [1.82, 2.24) is 4.98 Å².